The van der Waals surface area contributed by atoms with E-state index >= 15 is 0 Å². The van der Waals surface area contributed by atoms with E-state index in [-0.39, 0.29) is 18.1 Å². The van der Waals surface area contributed by atoms with Gasteiger partial charge in [-0.15, -0.1) is 0 Å². The number of aliphatic hydroxyl groups is 1. The summed E-state index contributed by atoms with van der Waals surface area (Å²) in [5.41, 5.74) is 5.08. The molecule has 0 aliphatic carbocycles. The maximum atomic E-state index is 10.4. The lowest BCUT2D eigenvalue weighted by Crippen LogP contribution is -2.34. The highest BCUT2D eigenvalue weighted by Crippen LogP contribution is 1.82. The number of hydrogen-bond donors (Lipinski definition) is 3. The van der Waals surface area contributed by atoms with Crippen molar-refractivity contribution < 1.29 is 9.90 Å². The zero-order valence-corrected chi connectivity index (χ0v) is 5.27. The first-order chi connectivity index (χ1) is 3.72. The Bertz CT molecular complexity index is 86.1. The third-order valence-corrected chi connectivity index (χ3v) is 1.08. The average Bonchev–Trinajstić information content (AvgIpc) is 1.84. The van der Waals surface area contributed by atoms with Crippen LogP contribution in [0.1, 0.15) is 0 Å². The minimum Gasteiger partial charge on any atom is -0.394 e. The highest BCUT2D eigenvalue weighted by molar-refractivity contribution is 7.81. The Kier molecular flexibility index (Phi) is 3.85. The Hall–Kier alpha value is -0.0600. The first kappa shape index (κ1) is 7.94. The second kappa shape index (κ2) is 3.88. The largest absolute Gasteiger partial charge is 0.394 e. The first-order valence-corrected chi connectivity index (χ1v) is 2.85. The van der Waals surface area contributed by atoms with Crippen LogP contribution in [0.15, 0.2) is 0 Å². The zero-order chi connectivity index (χ0) is 6.57. The van der Waals surface area contributed by atoms with Gasteiger partial charge in [0.25, 0.3) is 0 Å². The molecule has 8 heavy (non-hydrogen) atoms. The van der Waals surface area contributed by atoms with Crippen LogP contribution in [0.3, 0.4) is 0 Å². The molecule has 0 amide bonds. The van der Waals surface area contributed by atoms with E-state index in [1.165, 1.54) is 0 Å². The minimum absolute atomic E-state index is 0.0989. The number of nitrogens with two attached hydrogens (primary N) is 1. The third kappa shape index (κ3) is 2.30. The summed E-state index contributed by atoms with van der Waals surface area (Å²) in [4.78, 5) is 10.4. The molecule has 0 aromatic carbocycles. The zero-order valence-electron chi connectivity index (χ0n) is 4.37. The van der Waals surface area contributed by atoms with Crippen LogP contribution in [-0.2, 0) is 4.79 Å². The molecule has 0 saturated carbocycles. The Balaban J connectivity index is 3.46. The van der Waals surface area contributed by atoms with E-state index in [2.05, 4.69) is 12.6 Å². The molecule has 3 N–H and O–H groups in total. The standard InChI is InChI=1S/C4H9NO2S/c5-3(1-6)4(7)2-8/h3,6,8H,1-2,5H2/t3-/m1/s1. The number of carbonyl (C=O) groups is 1. The number of ketones is 1. The average molecular weight is 135 g/mol. The Labute approximate surface area is 53.3 Å². The number of carbonyl (C=O) groups excluding carboxylic acids is 1. The minimum atomic E-state index is -0.743. The Morgan fingerprint density at radius 2 is 2.38 bits per heavy atom. The normalized spacial score (nSPS) is 13.4. The lowest BCUT2D eigenvalue weighted by Gasteiger charge is -2.01. The fourth-order valence-electron chi connectivity index (χ4n) is 0.219. The molecule has 0 aromatic rings. The van der Waals surface area contributed by atoms with Crippen molar-refractivity contribution in [1.29, 1.82) is 0 Å². The van der Waals surface area contributed by atoms with Crippen LogP contribution in [-0.4, -0.2) is 29.3 Å². The molecule has 0 unspecified atom stereocenters. The molecule has 0 aliphatic rings. The predicted molar refractivity (Wildman–Crippen MR) is 33.9 cm³/mol. The monoisotopic (exact) mass is 135 g/mol. The molecule has 0 rings (SSSR count). The summed E-state index contributed by atoms with van der Waals surface area (Å²) in [5.74, 6) is -0.127. The number of aliphatic hydroxyl groups excluding tert-OH is 1. The number of rotatable bonds is 3. The molecule has 1 atom stereocenters. The maximum Gasteiger partial charge on any atom is 0.161 e. The van der Waals surface area contributed by atoms with Gasteiger partial charge in [-0.1, -0.05) is 0 Å². The van der Waals surface area contributed by atoms with Gasteiger partial charge >= 0.3 is 0 Å². The van der Waals surface area contributed by atoms with Crippen molar-refractivity contribution in [3.05, 3.63) is 0 Å². The van der Waals surface area contributed by atoms with Gasteiger partial charge in [-0.2, -0.15) is 12.6 Å². The third-order valence-electron chi connectivity index (χ3n) is 0.766. The molecule has 3 nitrogen and oxygen atoms in total. The molecule has 0 aromatic heterocycles. The summed E-state index contributed by atoms with van der Waals surface area (Å²) < 4.78 is 0. The fraction of sp³-hybridized carbons (Fsp3) is 0.750. The first-order valence-electron chi connectivity index (χ1n) is 2.22. The molecular formula is C4H9NO2S. The molecule has 48 valence electrons. The molecule has 0 saturated heterocycles. The van der Waals surface area contributed by atoms with E-state index in [9.17, 15) is 4.79 Å². The maximum absolute atomic E-state index is 10.4. The van der Waals surface area contributed by atoms with Gasteiger partial charge < -0.3 is 10.8 Å². The van der Waals surface area contributed by atoms with E-state index < -0.39 is 6.04 Å². The van der Waals surface area contributed by atoms with Gasteiger partial charge in [0.05, 0.1) is 18.4 Å². The topological polar surface area (TPSA) is 63.3 Å². The molecule has 0 radical (unpaired) electrons. The van der Waals surface area contributed by atoms with E-state index in [4.69, 9.17) is 10.8 Å². The number of thiol groups is 1. The summed E-state index contributed by atoms with van der Waals surface area (Å²) in [5, 5.41) is 8.26. The van der Waals surface area contributed by atoms with Crippen molar-refractivity contribution in [3.8, 4) is 0 Å². The van der Waals surface area contributed by atoms with Gasteiger partial charge in [0, 0.05) is 0 Å². The van der Waals surface area contributed by atoms with Crippen LogP contribution < -0.4 is 5.73 Å². The van der Waals surface area contributed by atoms with Crippen LogP contribution in [0.5, 0.6) is 0 Å². The van der Waals surface area contributed by atoms with Gasteiger partial charge in [-0.3, -0.25) is 4.79 Å². The van der Waals surface area contributed by atoms with E-state index in [1.807, 2.05) is 0 Å². The van der Waals surface area contributed by atoms with Crippen molar-refractivity contribution in [2.75, 3.05) is 12.4 Å². The summed E-state index contributed by atoms with van der Waals surface area (Å²) in [6.07, 6.45) is 0. The highest BCUT2D eigenvalue weighted by atomic mass is 32.1. The van der Waals surface area contributed by atoms with Crippen molar-refractivity contribution in [2.24, 2.45) is 5.73 Å². The van der Waals surface area contributed by atoms with Gasteiger partial charge in [-0.25, -0.2) is 0 Å². The lowest BCUT2D eigenvalue weighted by atomic mass is 10.2. The number of Topliss-reactive ketones (excluding diaryl/α,β-unsaturated/α-hetero) is 1. The van der Waals surface area contributed by atoms with Gasteiger partial charge in [0.1, 0.15) is 0 Å². The van der Waals surface area contributed by atoms with Gasteiger partial charge in [-0.05, 0) is 0 Å². The SMILES string of the molecule is N[C@H](CO)C(=O)CS. The van der Waals surface area contributed by atoms with Crippen LogP contribution in [0.2, 0.25) is 0 Å². The second-order valence-corrected chi connectivity index (χ2v) is 1.73. The van der Waals surface area contributed by atoms with Crippen LogP contribution in [0, 0.1) is 0 Å². The van der Waals surface area contributed by atoms with Crippen molar-refractivity contribution in [3.63, 3.8) is 0 Å². The molecule has 4 heteroatoms. The van der Waals surface area contributed by atoms with E-state index in [1.54, 1.807) is 0 Å². The summed E-state index contributed by atoms with van der Waals surface area (Å²) >= 11 is 3.67. The van der Waals surface area contributed by atoms with Crippen LogP contribution in [0.25, 0.3) is 0 Å². The summed E-state index contributed by atoms with van der Waals surface area (Å²) in [7, 11) is 0. The molecule has 0 bridgehead atoms. The van der Waals surface area contributed by atoms with Crippen molar-refractivity contribution in [2.45, 2.75) is 6.04 Å². The Morgan fingerprint density at radius 1 is 1.88 bits per heavy atom. The molecule has 0 aliphatic heterocycles. The molecule has 0 fully saturated rings. The van der Waals surface area contributed by atoms with E-state index in [0.717, 1.165) is 0 Å². The van der Waals surface area contributed by atoms with Crippen LogP contribution >= 0.6 is 12.6 Å². The Morgan fingerprint density at radius 3 is 2.50 bits per heavy atom. The van der Waals surface area contributed by atoms with E-state index in [0.29, 0.717) is 0 Å². The quantitative estimate of drug-likeness (QED) is 0.426. The smallest absolute Gasteiger partial charge is 0.161 e. The molecule has 0 heterocycles. The van der Waals surface area contributed by atoms with Gasteiger partial charge in [0.2, 0.25) is 0 Å². The van der Waals surface area contributed by atoms with Crippen molar-refractivity contribution >= 4 is 18.4 Å². The van der Waals surface area contributed by atoms with Crippen molar-refractivity contribution in [1.82, 2.24) is 0 Å². The summed E-state index contributed by atoms with van der Waals surface area (Å²) in [6.45, 7) is -0.292. The lowest BCUT2D eigenvalue weighted by molar-refractivity contribution is -0.118. The predicted octanol–water partition coefficient (Wildman–Crippen LogP) is -1.20. The van der Waals surface area contributed by atoms with Gasteiger partial charge in [0.15, 0.2) is 5.78 Å². The second-order valence-electron chi connectivity index (χ2n) is 1.41. The molecule has 0 spiro atoms. The fourth-order valence-corrected chi connectivity index (χ4v) is 0.454. The summed E-state index contributed by atoms with van der Waals surface area (Å²) in [6, 6.07) is -0.743. The number of hydrogen-bond acceptors (Lipinski definition) is 4. The highest BCUT2D eigenvalue weighted by Gasteiger charge is 2.07. The molecular weight excluding hydrogens is 126 g/mol. The van der Waals surface area contributed by atoms with Crippen LogP contribution in [0.4, 0.5) is 0 Å².